The van der Waals surface area contributed by atoms with Crippen molar-refractivity contribution in [3.05, 3.63) is 53.1 Å². The van der Waals surface area contributed by atoms with Crippen molar-refractivity contribution in [2.75, 3.05) is 25.2 Å². The van der Waals surface area contributed by atoms with Gasteiger partial charge in [0, 0.05) is 18.3 Å². The summed E-state index contributed by atoms with van der Waals surface area (Å²) in [5.74, 6) is -0.642. The van der Waals surface area contributed by atoms with Gasteiger partial charge in [-0.15, -0.1) is 0 Å². The lowest BCUT2D eigenvalue weighted by Crippen LogP contribution is -2.26. The lowest BCUT2D eigenvalue weighted by atomic mass is 10.1. The first-order valence-electron chi connectivity index (χ1n) is 8.29. The zero-order chi connectivity index (χ0) is 19.3. The second kappa shape index (κ2) is 8.38. The Kier molecular flexibility index (Phi) is 6.22. The fraction of sp³-hybridized carbons (Fsp3) is 0.300. The van der Waals surface area contributed by atoms with E-state index in [9.17, 15) is 9.59 Å². The van der Waals surface area contributed by atoms with E-state index in [-0.39, 0.29) is 5.91 Å². The third-order valence-corrected chi connectivity index (χ3v) is 3.74. The zero-order valence-electron chi connectivity index (χ0n) is 15.4. The molecule has 26 heavy (non-hydrogen) atoms. The van der Waals surface area contributed by atoms with Crippen molar-refractivity contribution in [1.29, 1.82) is 0 Å². The van der Waals surface area contributed by atoms with E-state index in [0.717, 1.165) is 16.8 Å². The first kappa shape index (κ1) is 19.3. The third-order valence-electron chi connectivity index (χ3n) is 3.74. The van der Waals surface area contributed by atoms with Crippen LogP contribution < -0.4 is 14.4 Å². The Labute approximate surface area is 153 Å². The summed E-state index contributed by atoms with van der Waals surface area (Å²) in [5, 5.41) is 8.76. The molecule has 1 N–H and O–H groups in total. The van der Waals surface area contributed by atoms with Crippen LogP contribution in [0.25, 0.3) is 0 Å². The molecule has 138 valence electrons. The van der Waals surface area contributed by atoms with Gasteiger partial charge < -0.3 is 19.5 Å². The highest BCUT2D eigenvalue weighted by Crippen LogP contribution is 2.29. The highest BCUT2D eigenvalue weighted by molar-refractivity contribution is 6.06. The molecule has 0 atom stereocenters. The minimum Gasteiger partial charge on any atom is -0.490 e. The number of benzene rings is 2. The maximum atomic E-state index is 12.8. The molecular weight excluding hydrogens is 334 g/mol. The molecule has 6 nitrogen and oxygen atoms in total. The molecule has 6 heteroatoms. The van der Waals surface area contributed by atoms with Gasteiger partial charge in [-0.25, -0.2) is 4.79 Å². The molecule has 2 aromatic rings. The third kappa shape index (κ3) is 4.75. The number of anilines is 1. The molecule has 0 saturated carbocycles. The fourth-order valence-electron chi connectivity index (χ4n) is 2.62. The summed E-state index contributed by atoms with van der Waals surface area (Å²) in [6, 6.07) is 10.7. The predicted molar refractivity (Wildman–Crippen MR) is 99.4 cm³/mol. The second-order valence-electron chi connectivity index (χ2n) is 5.99. The maximum absolute atomic E-state index is 12.8. The van der Waals surface area contributed by atoms with Gasteiger partial charge >= 0.3 is 5.97 Å². The van der Waals surface area contributed by atoms with Crippen molar-refractivity contribution in [3.8, 4) is 11.5 Å². The Morgan fingerprint density at radius 3 is 2.23 bits per heavy atom. The van der Waals surface area contributed by atoms with Crippen LogP contribution in [0.5, 0.6) is 11.5 Å². The lowest BCUT2D eigenvalue weighted by molar-refractivity contribution is -0.139. The van der Waals surface area contributed by atoms with E-state index < -0.39 is 12.6 Å². The Morgan fingerprint density at radius 2 is 1.65 bits per heavy atom. The molecule has 0 heterocycles. The molecule has 0 aliphatic carbocycles. The molecule has 0 aliphatic rings. The molecule has 0 spiro atoms. The van der Waals surface area contributed by atoms with Crippen molar-refractivity contribution < 1.29 is 24.2 Å². The number of carboxylic acid groups (broad SMARTS) is 1. The van der Waals surface area contributed by atoms with Gasteiger partial charge in [0.2, 0.25) is 0 Å². The molecule has 0 bridgehead atoms. The Balaban J connectivity index is 2.29. The normalized spacial score (nSPS) is 10.3. The van der Waals surface area contributed by atoms with Crippen LogP contribution in [-0.2, 0) is 4.79 Å². The number of aliphatic carboxylic acids is 1. The van der Waals surface area contributed by atoms with Crippen molar-refractivity contribution >= 4 is 17.6 Å². The highest BCUT2D eigenvalue weighted by atomic mass is 16.5. The number of hydrogen-bond donors (Lipinski definition) is 1. The molecule has 0 aromatic heterocycles. The van der Waals surface area contributed by atoms with E-state index in [0.29, 0.717) is 23.7 Å². The van der Waals surface area contributed by atoms with E-state index in [1.807, 2.05) is 32.0 Å². The van der Waals surface area contributed by atoms with Crippen LogP contribution in [0.4, 0.5) is 5.69 Å². The summed E-state index contributed by atoms with van der Waals surface area (Å²) in [6.07, 6.45) is 0. The standard InChI is InChI=1S/C20H23NO5/c1-5-25-18-11-15(6-7-17(18)26-12-19(22)23)20(24)21(4)16-9-13(2)8-14(3)10-16/h6-11H,5,12H2,1-4H3,(H,22,23). The number of ether oxygens (including phenoxy) is 2. The molecule has 2 rings (SSSR count). The largest absolute Gasteiger partial charge is 0.490 e. The van der Waals surface area contributed by atoms with Crippen LogP contribution in [0.15, 0.2) is 36.4 Å². The predicted octanol–water partition coefficient (Wildman–Crippen LogP) is 3.44. The number of rotatable bonds is 7. The topological polar surface area (TPSA) is 76.1 Å². The van der Waals surface area contributed by atoms with Crippen LogP contribution in [0, 0.1) is 13.8 Å². The van der Waals surface area contributed by atoms with Gasteiger partial charge in [-0.2, -0.15) is 0 Å². The number of aryl methyl sites for hydroxylation is 2. The summed E-state index contributed by atoms with van der Waals surface area (Å²) < 4.78 is 10.7. The van der Waals surface area contributed by atoms with Gasteiger partial charge in [-0.1, -0.05) is 6.07 Å². The number of carbonyl (C=O) groups excluding carboxylic acids is 1. The zero-order valence-corrected chi connectivity index (χ0v) is 15.4. The number of nitrogens with zero attached hydrogens (tertiary/aromatic N) is 1. The Bertz CT molecular complexity index is 796. The van der Waals surface area contributed by atoms with Crippen molar-refractivity contribution in [1.82, 2.24) is 0 Å². The van der Waals surface area contributed by atoms with Crippen LogP contribution in [-0.4, -0.2) is 37.2 Å². The first-order chi connectivity index (χ1) is 12.3. The summed E-state index contributed by atoms with van der Waals surface area (Å²) >= 11 is 0. The summed E-state index contributed by atoms with van der Waals surface area (Å²) in [6.45, 7) is 5.66. The van der Waals surface area contributed by atoms with Gasteiger partial charge in [0.05, 0.1) is 6.61 Å². The van der Waals surface area contributed by atoms with E-state index in [1.54, 1.807) is 37.1 Å². The first-order valence-corrected chi connectivity index (χ1v) is 8.29. The van der Waals surface area contributed by atoms with Gasteiger partial charge in [0.15, 0.2) is 18.1 Å². The molecule has 0 aliphatic heterocycles. The average molecular weight is 357 g/mol. The number of amides is 1. The monoisotopic (exact) mass is 357 g/mol. The van der Waals surface area contributed by atoms with Crippen molar-refractivity contribution in [2.45, 2.75) is 20.8 Å². The highest BCUT2D eigenvalue weighted by Gasteiger charge is 2.17. The number of carbonyl (C=O) groups is 2. The molecule has 1 amide bonds. The molecule has 0 unspecified atom stereocenters. The Hall–Kier alpha value is -3.02. The van der Waals surface area contributed by atoms with E-state index in [2.05, 4.69) is 0 Å². The SMILES string of the molecule is CCOc1cc(C(=O)N(C)c2cc(C)cc(C)c2)ccc1OCC(=O)O. The minimum atomic E-state index is -1.08. The molecule has 2 aromatic carbocycles. The van der Waals surface area contributed by atoms with E-state index in [4.69, 9.17) is 14.6 Å². The van der Waals surface area contributed by atoms with Crippen LogP contribution in [0.1, 0.15) is 28.4 Å². The molecular formula is C20H23NO5. The van der Waals surface area contributed by atoms with E-state index in [1.165, 1.54) is 0 Å². The average Bonchev–Trinajstić information content (AvgIpc) is 2.58. The summed E-state index contributed by atoms with van der Waals surface area (Å²) in [5.41, 5.74) is 3.38. The number of hydrogen-bond acceptors (Lipinski definition) is 4. The van der Waals surface area contributed by atoms with Crippen molar-refractivity contribution in [3.63, 3.8) is 0 Å². The maximum Gasteiger partial charge on any atom is 0.341 e. The van der Waals surface area contributed by atoms with Crippen LogP contribution in [0.2, 0.25) is 0 Å². The molecule has 0 radical (unpaired) electrons. The van der Waals surface area contributed by atoms with Crippen molar-refractivity contribution in [2.24, 2.45) is 0 Å². The summed E-state index contributed by atoms with van der Waals surface area (Å²) in [4.78, 5) is 25.1. The quantitative estimate of drug-likeness (QED) is 0.821. The van der Waals surface area contributed by atoms with Gasteiger partial charge in [0.1, 0.15) is 0 Å². The fourth-order valence-corrected chi connectivity index (χ4v) is 2.62. The molecule has 0 fully saturated rings. The smallest absolute Gasteiger partial charge is 0.341 e. The van der Waals surface area contributed by atoms with Gasteiger partial charge in [-0.3, -0.25) is 4.79 Å². The minimum absolute atomic E-state index is 0.194. The van der Waals surface area contributed by atoms with Gasteiger partial charge in [0.25, 0.3) is 5.91 Å². The van der Waals surface area contributed by atoms with Crippen LogP contribution >= 0.6 is 0 Å². The Morgan fingerprint density at radius 1 is 1.00 bits per heavy atom. The van der Waals surface area contributed by atoms with Gasteiger partial charge in [-0.05, 0) is 62.2 Å². The van der Waals surface area contributed by atoms with E-state index >= 15 is 0 Å². The summed E-state index contributed by atoms with van der Waals surface area (Å²) in [7, 11) is 1.71. The second-order valence-corrected chi connectivity index (χ2v) is 5.99. The van der Waals surface area contributed by atoms with Crippen LogP contribution in [0.3, 0.4) is 0 Å². The molecule has 0 saturated heterocycles. The number of carboxylic acids is 1. The lowest BCUT2D eigenvalue weighted by Gasteiger charge is -2.20.